The van der Waals surface area contributed by atoms with Crippen LogP contribution < -0.4 is 0 Å². The molecule has 0 aliphatic carbocycles. The Bertz CT molecular complexity index is 475. The number of nitrogens with zero attached hydrogens (tertiary/aromatic N) is 2. The summed E-state index contributed by atoms with van der Waals surface area (Å²) in [5.74, 6) is 0.0304. The first kappa shape index (κ1) is 14.5. The summed E-state index contributed by atoms with van der Waals surface area (Å²) in [6.07, 6.45) is -0.645. The number of rotatable bonds is 4. The Balaban J connectivity index is 2.01. The molecule has 0 radical (unpaired) electrons. The first-order chi connectivity index (χ1) is 9.56. The second kappa shape index (κ2) is 6.52. The number of ketones is 1. The van der Waals surface area contributed by atoms with E-state index < -0.39 is 6.09 Å². The van der Waals surface area contributed by atoms with Gasteiger partial charge in [-0.15, -0.1) is 0 Å². The van der Waals surface area contributed by atoms with Crippen LogP contribution in [0.15, 0.2) is 30.3 Å². The summed E-state index contributed by atoms with van der Waals surface area (Å²) in [5, 5.41) is 9.19. The van der Waals surface area contributed by atoms with Crippen molar-refractivity contribution < 1.29 is 14.7 Å². The lowest BCUT2D eigenvalue weighted by Crippen LogP contribution is -2.55. The molecule has 2 rings (SSSR count). The van der Waals surface area contributed by atoms with E-state index >= 15 is 0 Å². The van der Waals surface area contributed by atoms with Crippen molar-refractivity contribution in [3.05, 3.63) is 35.9 Å². The summed E-state index contributed by atoms with van der Waals surface area (Å²) in [6, 6.07) is 9.85. The molecule has 1 atom stereocenters. The third-order valence-corrected chi connectivity index (χ3v) is 3.58. The fourth-order valence-corrected chi connectivity index (χ4v) is 2.66. The number of benzene rings is 1. The Morgan fingerprint density at radius 3 is 2.55 bits per heavy atom. The predicted molar refractivity (Wildman–Crippen MR) is 75.5 cm³/mol. The van der Waals surface area contributed by atoms with E-state index in [0.717, 1.165) is 6.54 Å². The van der Waals surface area contributed by atoms with E-state index in [4.69, 9.17) is 0 Å². The first-order valence-corrected chi connectivity index (χ1v) is 6.81. The molecule has 0 spiro atoms. The van der Waals surface area contributed by atoms with Crippen LogP contribution in [0.25, 0.3) is 0 Å². The van der Waals surface area contributed by atoms with Gasteiger partial charge in [-0.25, -0.2) is 4.79 Å². The summed E-state index contributed by atoms with van der Waals surface area (Å²) in [6.45, 7) is 4.08. The summed E-state index contributed by atoms with van der Waals surface area (Å²) in [4.78, 5) is 26.1. The number of carboxylic acid groups (broad SMARTS) is 1. The lowest BCUT2D eigenvalue weighted by atomic mass is 10.1. The maximum atomic E-state index is 11.3. The number of amides is 1. The molecule has 1 heterocycles. The van der Waals surface area contributed by atoms with Crippen LogP contribution in [0.4, 0.5) is 4.79 Å². The van der Waals surface area contributed by atoms with E-state index in [0.29, 0.717) is 19.6 Å². The fourth-order valence-electron chi connectivity index (χ4n) is 2.66. The highest BCUT2D eigenvalue weighted by Crippen LogP contribution is 2.16. The number of hydrogen-bond acceptors (Lipinski definition) is 3. The third kappa shape index (κ3) is 3.81. The van der Waals surface area contributed by atoms with E-state index in [2.05, 4.69) is 17.0 Å². The Labute approximate surface area is 118 Å². The molecular formula is C15H20N2O3. The molecule has 1 fully saturated rings. The number of piperazine rings is 1. The molecule has 1 aliphatic rings. The summed E-state index contributed by atoms with van der Waals surface area (Å²) in [7, 11) is 0. The van der Waals surface area contributed by atoms with Crippen LogP contribution in [0.5, 0.6) is 0 Å². The lowest BCUT2D eigenvalue weighted by molar-refractivity contribution is -0.118. The normalized spacial score (nSPS) is 19.9. The molecule has 5 heteroatoms. The van der Waals surface area contributed by atoms with Gasteiger partial charge in [0, 0.05) is 32.6 Å². The average molecular weight is 276 g/mol. The second-order valence-corrected chi connectivity index (χ2v) is 5.26. The minimum absolute atomic E-state index is 0.0304. The molecule has 1 saturated heterocycles. The number of hydrogen-bond donors (Lipinski definition) is 1. The van der Waals surface area contributed by atoms with Crippen molar-refractivity contribution in [3.63, 3.8) is 0 Å². The van der Waals surface area contributed by atoms with Gasteiger partial charge in [0.1, 0.15) is 5.78 Å². The maximum Gasteiger partial charge on any atom is 0.407 e. The van der Waals surface area contributed by atoms with Crippen molar-refractivity contribution in [3.8, 4) is 0 Å². The lowest BCUT2D eigenvalue weighted by Gasteiger charge is -2.39. The van der Waals surface area contributed by atoms with Gasteiger partial charge < -0.3 is 10.0 Å². The molecule has 1 aliphatic heterocycles. The van der Waals surface area contributed by atoms with Crippen molar-refractivity contribution >= 4 is 11.9 Å². The molecule has 0 saturated carbocycles. The largest absolute Gasteiger partial charge is 0.465 e. The molecule has 1 aromatic rings. The zero-order valence-electron chi connectivity index (χ0n) is 11.7. The van der Waals surface area contributed by atoms with Gasteiger partial charge in [-0.05, 0) is 12.5 Å². The van der Waals surface area contributed by atoms with Crippen LogP contribution >= 0.6 is 0 Å². The quantitative estimate of drug-likeness (QED) is 0.911. The predicted octanol–water partition coefficient (Wildman–Crippen LogP) is 1.83. The molecule has 0 aromatic heterocycles. The highest BCUT2D eigenvalue weighted by Gasteiger charge is 2.30. The van der Waals surface area contributed by atoms with Gasteiger partial charge in [0.15, 0.2) is 0 Å². The number of carbonyl (C=O) groups is 2. The third-order valence-electron chi connectivity index (χ3n) is 3.58. The van der Waals surface area contributed by atoms with E-state index in [1.807, 2.05) is 18.2 Å². The highest BCUT2D eigenvalue weighted by atomic mass is 16.4. The molecule has 5 nitrogen and oxygen atoms in total. The van der Waals surface area contributed by atoms with Gasteiger partial charge in [-0.1, -0.05) is 30.3 Å². The van der Waals surface area contributed by atoms with Gasteiger partial charge >= 0.3 is 6.09 Å². The minimum atomic E-state index is -0.935. The minimum Gasteiger partial charge on any atom is -0.465 e. The average Bonchev–Trinajstić information content (AvgIpc) is 2.39. The van der Waals surface area contributed by atoms with Gasteiger partial charge in [0.2, 0.25) is 0 Å². The van der Waals surface area contributed by atoms with Crippen molar-refractivity contribution in [1.29, 1.82) is 0 Å². The number of carbonyl (C=O) groups excluding carboxylic acids is 1. The van der Waals surface area contributed by atoms with Gasteiger partial charge in [-0.3, -0.25) is 9.69 Å². The van der Waals surface area contributed by atoms with Crippen LogP contribution in [0, 0.1) is 0 Å². The zero-order chi connectivity index (χ0) is 14.5. The van der Waals surface area contributed by atoms with Crippen molar-refractivity contribution in [1.82, 2.24) is 9.80 Å². The molecule has 1 N–H and O–H groups in total. The van der Waals surface area contributed by atoms with Crippen molar-refractivity contribution in [2.75, 3.05) is 19.6 Å². The van der Waals surface area contributed by atoms with Crippen LogP contribution in [0.3, 0.4) is 0 Å². The summed E-state index contributed by atoms with van der Waals surface area (Å²) in [5.41, 5.74) is 1.21. The van der Waals surface area contributed by atoms with Crippen molar-refractivity contribution in [2.24, 2.45) is 0 Å². The molecular weight excluding hydrogens is 256 g/mol. The Morgan fingerprint density at radius 2 is 1.95 bits per heavy atom. The van der Waals surface area contributed by atoms with Gasteiger partial charge in [-0.2, -0.15) is 0 Å². The molecule has 108 valence electrons. The summed E-state index contributed by atoms with van der Waals surface area (Å²) >= 11 is 0. The van der Waals surface area contributed by atoms with E-state index in [1.165, 1.54) is 17.4 Å². The number of Topliss-reactive ketones (excluding diaryl/α,β-unsaturated/α-hetero) is 1. The zero-order valence-corrected chi connectivity index (χ0v) is 11.7. The smallest absolute Gasteiger partial charge is 0.407 e. The van der Waals surface area contributed by atoms with E-state index in [-0.39, 0.29) is 18.2 Å². The second-order valence-electron chi connectivity index (χ2n) is 5.26. The standard InChI is InChI=1S/C15H20N2O3/c1-12(18)9-14-11-16(7-8-17(14)15(19)20)10-13-5-3-2-4-6-13/h2-6,14H,7-11H2,1H3,(H,19,20). The highest BCUT2D eigenvalue weighted by molar-refractivity contribution is 5.77. The Kier molecular flexibility index (Phi) is 4.74. The summed E-state index contributed by atoms with van der Waals surface area (Å²) < 4.78 is 0. The van der Waals surface area contributed by atoms with E-state index in [9.17, 15) is 14.7 Å². The molecule has 1 aromatic carbocycles. The topological polar surface area (TPSA) is 60.9 Å². The Hall–Kier alpha value is -1.88. The first-order valence-electron chi connectivity index (χ1n) is 6.81. The molecule has 20 heavy (non-hydrogen) atoms. The fraction of sp³-hybridized carbons (Fsp3) is 0.467. The molecule has 1 unspecified atom stereocenters. The van der Waals surface area contributed by atoms with Gasteiger partial charge in [0.05, 0.1) is 6.04 Å². The SMILES string of the molecule is CC(=O)CC1CN(Cc2ccccc2)CCN1C(=O)O. The monoisotopic (exact) mass is 276 g/mol. The Morgan fingerprint density at radius 1 is 1.25 bits per heavy atom. The van der Waals surface area contributed by atoms with E-state index in [1.54, 1.807) is 0 Å². The van der Waals surface area contributed by atoms with Crippen LogP contribution in [-0.4, -0.2) is 52.5 Å². The van der Waals surface area contributed by atoms with Crippen molar-refractivity contribution in [2.45, 2.75) is 25.9 Å². The van der Waals surface area contributed by atoms with Gasteiger partial charge in [0.25, 0.3) is 0 Å². The van der Waals surface area contributed by atoms with Crippen LogP contribution in [-0.2, 0) is 11.3 Å². The molecule has 1 amide bonds. The van der Waals surface area contributed by atoms with Crippen LogP contribution in [0.2, 0.25) is 0 Å². The maximum absolute atomic E-state index is 11.3. The molecule has 0 bridgehead atoms. The van der Waals surface area contributed by atoms with Crippen LogP contribution in [0.1, 0.15) is 18.9 Å².